The fraction of sp³-hybridized carbons (Fsp3) is 0.182. The van der Waals surface area contributed by atoms with Gasteiger partial charge in [-0.1, -0.05) is 12.1 Å². The first-order valence-electron chi connectivity index (χ1n) is 4.40. The highest BCUT2D eigenvalue weighted by atomic mass is 19.1. The van der Waals surface area contributed by atoms with E-state index < -0.39 is 5.82 Å². The first-order chi connectivity index (χ1) is 6.77. The van der Waals surface area contributed by atoms with Crippen LogP contribution in [-0.2, 0) is 4.74 Å². The SMILES string of the molecule is O=C(C1=CCCO1)c1cccc(F)c1. The molecule has 72 valence electrons. The molecular formula is C11H9FO2. The Morgan fingerprint density at radius 3 is 2.93 bits per heavy atom. The third-order valence-electron chi connectivity index (χ3n) is 2.02. The maximum absolute atomic E-state index is 12.8. The van der Waals surface area contributed by atoms with E-state index in [1.807, 2.05) is 0 Å². The number of ether oxygens (including phenoxy) is 1. The summed E-state index contributed by atoms with van der Waals surface area (Å²) in [4.78, 5) is 11.6. The summed E-state index contributed by atoms with van der Waals surface area (Å²) in [5, 5.41) is 0. The predicted octanol–water partition coefficient (Wildman–Crippen LogP) is 2.31. The van der Waals surface area contributed by atoms with Gasteiger partial charge >= 0.3 is 0 Å². The number of allylic oxidation sites excluding steroid dienone is 1. The number of carbonyl (C=O) groups excluding carboxylic acids is 1. The summed E-state index contributed by atoms with van der Waals surface area (Å²) in [6.45, 7) is 0.538. The second-order valence-electron chi connectivity index (χ2n) is 3.04. The third kappa shape index (κ3) is 1.66. The van der Waals surface area contributed by atoms with Crippen LogP contribution in [0.5, 0.6) is 0 Å². The minimum Gasteiger partial charge on any atom is -0.489 e. The number of ketones is 1. The standard InChI is InChI=1S/C11H9FO2/c12-9-4-1-3-8(7-9)11(13)10-5-2-6-14-10/h1,3-5,7H,2,6H2. The number of Topliss-reactive ketones (excluding diaryl/α,β-unsaturated/α-hetero) is 1. The summed E-state index contributed by atoms with van der Waals surface area (Å²) in [7, 11) is 0. The van der Waals surface area contributed by atoms with Crippen molar-refractivity contribution < 1.29 is 13.9 Å². The molecule has 0 N–H and O–H groups in total. The predicted molar refractivity (Wildman–Crippen MR) is 49.4 cm³/mol. The number of halogens is 1. The van der Waals surface area contributed by atoms with Gasteiger partial charge in [-0.25, -0.2) is 4.39 Å². The van der Waals surface area contributed by atoms with Gasteiger partial charge in [0.05, 0.1) is 6.61 Å². The summed E-state index contributed by atoms with van der Waals surface area (Å²) in [5.74, 6) is -0.327. The summed E-state index contributed by atoms with van der Waals surface area (Å²) in [6.07, 6.45) is 2.48. The molecule has 0 saturated heterocycles. The molecule has 1 aromatic rings. The molecule has 0 radical (unpaired) electrons. The summed E-state index contributed by atoms with van der Waals surface area (Å²) in [5.41, 5.74) is 0.332. The molecule has 0 atom stereocenters. The zero-order valence-corrected chi connectivity index (χ0v) is 7.50. The van der Waals surface area contributed by atoms with Crippen molar-refractivity contribution in [3.8, 4) is 0 Å². The maximum Gasteiger partial charge on any atom is 0.227 e. The molecule has 1 heterocycles. The number of hydrogen-bond donors (Lipinski definition) is 0. The Morgan fingerprint density at radius 2 is 2.29 bits per heavy atom. The maximum atomic E-state index is 12.8. The highest BCUT2D eigenvalue weighted by Gasteiger charge is 2.16. The van der Waals surface area contributed by atoms with Gasteiger partial charge in [0.15, 0.2) is 5.76 Å². The highest BCUT2D eigenvalue weighted by molar-refractivity contribution is 6.07. The lowest BCUT2D eigenvalue weighted by Gasteiger charge is -2.02. The normalized spacial score (nSPS) is 14.8. The van der Waals surface area contributed by atoms with E-state index in [4.69, 9.17) is 4.74 Å². The number of benzene rings is 1. The van der Waals surface area contributed by atoms with Crippen molar-refractivity contribution in [3.05, 3.63) is 47.5 Å². The molecule has 1 aliphatic heterocycles. The summed E-state index contributed by atoms with van der Waals surface area (Å²) < 4.78 is 17.9. The van der Waals surface area contributed by atoms with Gasteiger partial charge in [0.25, 0.3) is 0 Å². The van der Waals surface area contributed by atoms with E-state index in [1.54, 1.807) is 12.1 Å². The first-order valence-corrected chi connectivity index (χ1v) is 4.40. The van der Waals surface area contributed by atoms with Crippen molar-refractivity contribution in [2.45, 2.75) is 6.42 Å². The number of carbonyl (C=O) groups is 1. The minimum atomic E-state index is -0.408. The Kier molecular flexibility index (Phi) is 2.31. The Morgan fingerprint density at radius 1 is 1.43 bits per heavy atom. The molecule has 1 aromatic carbocycles. The van der Waals surface area contributed by atoms with E-state index in [1.165, 1.54) is 18.2 Å². The fourth-order valence-corrected chi connectivity index (χ4v) is 1.35. The van der Waals surface area contributed by atoms with Crippen molar-refractivity contribution in [1.29, 1.82) is 0 Å². The molecule has 0 aromatic heterocycles. The van der Waals surface area contributed by atoms with Gasteiger partial charge in [0, 0.05) is 12.0 Å². The second kappa shape index (κ2) is 3.62. The zero-order valence-electron chi connectivity index (χ0n) is 7.50. The van der Waals surface area contributed by atoms with Crippen LogP contribution >= 0.6 is 0 Å². The molecule has 3 heteroatoms. The summed E-state index contributed by atoms with van der Waals surface area (Å²) in [6, 6.07) is 5.61. The van der Waals surface area contributed by atoms with Crippen LogP contribution in [0.25, 0.3) is 0 Å². The Balaban J connectivity index is 2.27. The molecule has 0 unspecified atom stereocenters. The summed E-state index contributed by atoms with van der Waals surface area (Å²) >= 11 is 0. The molecule has 0 amide bonds. The van der Waals surface area contributed by atoms with Gasteiger partial charge in [0.2, 0.25) is 5.78 Å². The van der Waals surface area contributed by atoms with Gasteiger partial charge in [-0.3, -0.25) is 4.79 Å². The van der Waals surface area contributed by atoms with Crippen molar-refractivity contribution in [3.63, 3.8) is 0 Å². The van der Waals surface area contributed by atoms with Crippen LogP contribution in [0.3, 0.4) is 0 Å². The van der Waals surface area contributed by atoms with Crippen LogP contribution in [0.2, 0.25) is 0 Å². The van der Waals surface area contributed by atoms with Crippen molar-refractivity contribution in [1.82, 2.24) is 0 Å². The average molecular weight is 192 g/mol. The van der Waals surface area contributed by atoms with E-state index >= 15 is 0 Å². The molecule has 1 aliphatic rings. The smallest absolute Gasteiger partial charge is 0.227 e. The average Bonchev–Trinajstić information content (AvgIpc) is 2.69. The van der Waals surface area contributed by atoms with Crippen molar-refractivity contribution in [2.24, 2.45) is 0 Å². The fourth-order valence-electron chi connectivity index (χ4n) is 1.35. The quantitative estimate of drug-likeness (QED) is 0.672. The van der Waals surface area contributed by atoms with Gasteiger partial charge in [-0.15, -0.1) is 0 Å². The lowest BCUT2D eigenvalue weighted by atomic mass is 10.1. The molecule has 2 rings (SSSR count). The van der Waals surface area contributed by atoms with E-state index in [0.717, 1.165) is 6.42 Å². The highest BCUT2D eigenvalue weighted by Crippen LogP contribution is 2.16. The Bertz CT molecular complexity index is 396. The van der Waals surface area contributed by atoms with Crippen LogP contribution in [0, 0.1) is 5.82 Å². The third-order valence-corrected chi connectivity index (χ3v) is 2.02. The lowest BCUT2D eigenvalue weighted by molar-refractivity contribution is 0.0942. The molecule has 0 bridgehead atoms. The van der Waals surface area contributed by atoms with Crippen LogP contribution in [0.1, 0.15) is 16.8 Å². The van der Waals surface area contributed by atoms with E-state index in [9.17, 15) is 9.18 Å². The van der Waals surface area contributed by atoms with E-state index in [-0.39, 0.29) is 5.78 Å². The molecule has 0 saturated carbocycles. The Hall–Kier alpha value is -1.64. The molecule has 0 aliphatic carbocycles. The van der Waals surface area contributed by atoms with Gasteiger partial charge < -0.3 is 4.74 Å². The molecule has 2 nitrogen and oxygen atoms in total. The molecule has 14 heavy (non-hydrogen) atoms. The lowest BCUT2D eigenvalue weighted by Crippen LogP contribution is -2.04. The number of hydrogen-bond acceptors (Lipinski definition) is 2. The van der Waals surface area contributed by atoms with Crippen molar-refractivity contribution >= 4 is 5.78 Å². The molecular weight excluding hydrogens is 183 g/mol. The van der Waals surface area contributed by atoms with E-state index in [0.29, 0.717) is 17.9 Å². The van der Waals surface area contributed by atoms with Gasteiger partial charge in [0.1, 0.15) is 5.82 Å². The van der Waals surface area contributed by atoms with Crippen LogP contribution in [-0.4, -0.2) is 12.4 Å². The monoisotopic (exact) mass is 192 g/mol. The second-order valence-corrected chi connectivity index (χ2v) is 3.04. The molecule has 0 fully saturated rings. The zero-order chi connectivity index (χ0) is 9.97. The van der Waals surface area contributed by atoms with Crippen molar-refractivity contribution in [2.75, 3.05) is 6.61 Å². The first kappa shape index (κ1) is 8.94. The topological polar surface area (TPSA) is 26.3 Å². The number of rotatable bonds is 2. The van der Waals surface area contributed by atoms with Crippen LogP contribution in [0.15, 0.2) is 36.1 Å². The largest absolute Gasteiger partial charge is 0.489 e. The van der Waals surface area contributed by atoms with E-state index in [2.05, 4.69) is 0 Å². The van der Waals surface area contributed by atoms with Gasteiger partial charge in [-0.05, 0) is 18.2 Å². The Labute approximate surface area is 81.0 Å². The van der Waals surface area contributed by atoms with Gasteiger partial charge in [-0.2, -0.15) is 0 Å². The van der Waals surface area contributed by atoms with Crippen LogP contribution in [0.4, 0.5) is 4.39 Å². The van der Waals surface area contributed by atoms with Crippen LogP contribution < -0.4 is 0 Å². The molecule has 0 spiro atoms. The minimum absolute atomic E-state index is 0.248.